The van der Waals surface area contributed by atoms with Gasteiger partial charge in [-0.1, -0.05) is 22.0 Å². The van der Waals surface area contributed by atoms with E-state index in [1.54, 1.807) is 36.4 Å². The number of carbonyl (C=O) groups is 1. The van der Waals surface area contributed by atoms with E-state index in [4.69, 9.17) is 9.52 Å². The minimum atomic E-state index is -3.75. The Bertz CT molecular complexity index is 1070. The minimum absolute atomic E-state index is 0.133. The molecule has 2 N–H and O–H groups in total. The smallest absolute Gasteiger partial charge is 0.371 e. The number of nitrogens with one attached hydrogen (secondary N) is 1. The van der Waals surface area contributed by atoms with E-state index in [1.807, 2.05) is 6.92 Å². The number of carboxylic acids is 1. The maximum atomic E-state index is 12.5. The molecule has 0 saturated heterocycles. The number of rotatable bonds is 5. The summed E-state index contributed by atoms with van der Waals surface area (Å²) in [5.41, 5.74) is 1.78. The quantitative estimate of drug-likeness (QED) is 0.613. The zero-order valence-electron chi connectivity index (χ0n) is 13.6. The number of halogens is 1. The van der Waals surface area contributed by atoms with Crippen LogP contribution in [0.3, 0.4) is 0 Å². The molecule has 0 bridgehead atoms. The normalized spacial score (nSPS) is 11.3. The third-order valence-corrected chi connectivity index (χ3v) is 5.62. The van der Waals surface area contributed by atoms with Gasteiger partial charge in [-0.3, -0.25) is 4.72 Å². The molecule has 6 nitrogen and oxygen atoms in total. The highest BCUT2D eigenvalue weighted by Gasteiger charge is 2.16. The second-order valence-electron chi connectivity index (χ2n) is 5.56. The summed E-state index contributed by atoms with van der Waals surface area (Å²) < 4.78 is 33.6. The minimum Gasteiger partial charge on any atom is -0.475 e. The Balaban J connectivity index is 1.94. The topological polar surface area (TPSA) is 96.6 Å². The number of aryl methyl sites for hydroxylation is 1. The van der Waals surface area contributed by atoms with Crippen molar-refractivity contribution in [3.63, 3.8) is 0 Å². The summed E-state index contributed by atoms with van der Waals surface area (Å²) >= 11 is 3.27. The predicted molar refractivity (Wildman–Crippen MR) is 101 cm³/mol. The van der Waals surface area contributed by atoms with Crippen molar-refractivity contribution in [2.45, 2.75) is 11.8 Å². The van der Waals surface area contributed by atoms with E-state index in [0.717, 1.165) is 10.0 Å². The zero-order valence-corrected chi connectivity index (χ0v) is 16.0. The van der Waals surface area contributed by atoms with Crippen LogP contribution in [0, 0.1) is 6.92 Å². The number of carboxylic acid groups (broad SMARTS) is 1. The summed E-state index contributed by atoms with van der Waals surface area (Å²) in [5, 5.41) is 8.98. The van der Waals surface area contributed by atoms with Gasteiger partial charge in [-0.2, -0.15) is 0 Å². The Labute approximate surface area is 158 Å². The highest BCUT2D eigenvalue weighted by atomic mass is 79.9. The van der Waals surface area contributed by atoms with Crippen LogP contribution in [0.25, 0.3) is 11.3 Å². The van der Waals surface area contributed by atoms with Crippen molar-refractivity contribution in [1.82, 2.24) is 0 Å². The Hall–Kier alpha value is -2.58. The van der Waals surface area contributed by atoms with E-state index in [2.05, 4.69) is 20.7 Å². The van der Waals surface area contributed by atoms with Crippen LogP contribution < -0.4 is 4.72 Å². The van der Waals surface area contributed by atoms with Gasteiger partial charge in [0.2, 0.25) is 5.76 Å². The molecule has 0 saturated carbocycles. The van der Waals surface area contributed by atoms with Gasteiger partial charge in [0.15, 0.2) is 0 Å². The van der Waals surface area contributed by atoms with Gasteiger partial charge in [0.25, 0.3) is 10.0 Å². The summed E-state index contributed by atoms with van der Waals surface area (Å²) in [6.45, 7) is 1.82. The summed E-state index contributed by atoms with van der Waals surface area (Å²) in [4.78, 5) is 11.1. The molecule has 26 heavy (non-hydrogen) atoms. The second kappa shape index (κ2) is 6.97. The van der Waals surface area contributed by atoms with Gasteiger partial charge in [0, 0.05) is 15.7 Å². The van der Waals surface area contributed by atoms with Crippen molar-refractivity contribution in [2.24, 2.45) is 0 Å². The molecule has 0 radical (unpaired) electrons. The molecule has 0 unspecified atom stereocenters. The lowest BCUT2D eigenvalue weighted by atomic mass is 10.1. The highest BCUT2D eigenvalue weighted by Crippen LogP contribution is 2.29. The van der Waals surface area contributed by atoms with Gasteiger partial charge in [-0.15, -0.1) is 0 Å². The van der Waals surface area contributed by atoms with Crippen LogP contribution in [0.1, 0.15) is 16.1 Å². The summed E-state index contributed by atoms with van der Waals surface area (Å²) in [5.74, 6) is -0.995. The van der Waals surface area contributed by atoms with Crippen molar-refractivity contribution in [3.8, 4) is 11.3 Å². The zero-order chi connectivity index (χ0) is 18.9. The third kappa shape index (κ3) is 3.81. The number of furan rings is 1. The number of sulfonamides is 1. The van der Waals surface area contributed by atoms with Crippen LogP contribution in [0.4, 0.5) is 5.69 Å². The first-order valence-corrected chi connectivity index (χ1v) is 9.76. The average Bonchev–Trinajstić information content (AvgIpc) is 3.07. The molecule has 1 heterocycles. The SMILES string of the molecule is Cc1ccc(NS(=O)(=O)c2ccc(Br)cc2)cc1-c1ccc(C(=O)O)o1. The lowest BCUT2D eigenvalue weighted by molar-refractivity contribution is 0.0663. The van der Waals surface area contributed by atoms with E-state index >= 15 is 0 Å². The van der Waals surface area contributed by atoms with E-state index < -0.39 is 16.0 Å². The van der Waals surface area contributed by atoms with Crippen LogP contribution in [0.2, 0.25) is 0 Å². The molecule has 0 atom stereocenters. The van der Waals surface area contributed by atoms with Crippen molar-refractivity contribution in [2.75, 3.05) is 4.72 Å². The van der Waals surface area contributed by atoms with Gasteiger partial charge in [0.1, 0.15) is 5.76 Å². The Morgan fingerprint density at radius 2 is 1.77 bits per heavy atom. The van der Waals surface area contributed by atoms with Crippen LogP contribution in [0.5, 0.6) is 0 Å². The second-order valence-corrected chi connectivity index (χ2v) is 8.16. The van der Waals surface area contributed by atoms with Crippen LogP contribution in [-0.2, 0) is 10.0 Å². The summed E-state index contributed by atoms with van der Waals surface area (Å²) in [6.07, 6.45) is 0. The van der Waals surface area contributed by atoms with Crippen LogP contribution in [-0.4, -0.2) is 19.5 Å². The number of benzene rings is 2. The van der Waals surface area contributed by atoms with E-state index in [0.29, 0.717) is 17.0 Å². The van der Waals surface area contributed by atoms with Gasteiger partial charge >= 0.3 is 5.97 Å². The van der Waals surface area contributed by atoms with Gasteiger partial charge in [0.05, 0.1) is 4.90 Å². The molecule has 3 aromatic rings. The first-order chi connectivity index (χ1) is 12.3. The van der Waals surface area contributed by atoms with Crippen LogP contribution in [0.15, 0.2) is 68.4 Å². The lowest BCUT2D eigenvalue weighted by Crippen LogP contribution is -2.12. The van der Waals surface area contributed by atoms with Gasteiger partial charge in [-0.25, -0.2) is 13.2 Å². The first-order valence-electron chi connectivity index (χ1n) is 7.49. The number of aromatic carboxylic acids is 1. The summed E-state index contributed by atoms with van der Waals surface area (Å²) in [6, 6.07) is 14.1. The van der Waals surface area contributed by atoms with E-state index in [-0.39, 0.29) is 10.7 Å². The molecule has 2 aromatic carbocycles. The number of hydrogen-bond donors (Lipinski definition) is 2. The molecule has 8 heteroatoms. The van der Waals surface area contributed by atoms with Gasteiger partial charge < -0.3 is 9.52 Å². The Kier molecular flexibility index (Phi) is 4.88. The fourth-order valence-electron chi connectivity index (χ4n) is 2.38. The molecule has 0 fully saturated rings. The number of hydrogen-bond acceptors (Lipinski definition) is 4. The fourth-order valence-corrected chi connectivity index (χ4v) is 3.69. The molecule has 3 rings (SSSR count). The Morgan fingerprint density at radius 1 is 1.08 bits per heavy atom. The maximum absolute atomic E-state index is 12.5. The molecule has 134 valence electrons. The van der Waals surface area contributed by atoms with Gasteiger partial charge in [-0.05, 0) is 61.0 Å². The molecule has 0 spiro atoms. The number of anilines is 1. The highest BCUT2D eigenvalue weighted by molar-refractivity contribution is 9.10. The van der Waals surface area contributed by atoms with Crippen LogP contribution >= 0.6 is 15.9 Å². The van der Waals surface area contributed by atoms with E-state index in [1.165, 1.54) is 18.2 Å². The monoisotopic (exact) mass is 435 g/mol. The van der Waals surface area contributed by atoms with Crippen molar-refractivity contribution >= 4 is 37.6 Å². The molecular weight excluding hydrogens is 422 g/mol. The molecule has 0 amide bonds. The largest absolute Gasteiger partial charge is 0.475 e. The molecular formula is C18H14BrNO5S. The molecule has 0 aliphatic heterocycles. The Morgan fingerprint density at radius 3 is 2.38 bits per heavy atom. The third-order valence-electron chi connectivity index (χ3n) is 3.70. The first kappa shape index (κ1) is 18.2. The average molecular weight is 436 g/mol. The van der Waals surface area contributed by atoms with E-state index in [9.17, 15) is 13.2 Å². The van der Waals surface area contributed by atoms with Crippen molar-refractivity contribution in [1.29, 1.82) is 0 Å². The molecule has 0 aliphatic rings. The van der Waals surface area contributed by atoms with Crippen molar-refractivity contribution < 1.29 is 22.7 Å². The molecule has 0 aliphatic carbocycles. The maximum Gasteiger partial charge on any atom is 0.371 e. The standard InChI is InChI=1S/C18H14BrNO5S/c1-11-2-5-13(10-15(11)16-8-9-17(25-16)18(21)22)20-26(23,24)14-6-3-12(19)4-7-14/h2-10,20H,1H3,(H,21,22). The fraction of sp³-hybridized carbons (Fsp3) is 0.0556. The van der Waals surface area contributed by atoms with Crippen molar-refractivity contribution in [3.05, 3.63) is 70.4 Å². The molecule has 1 aromatic heterocycles. The summed E-state index contributed by atoms with van der Waals surface area (Å²) in [7, 11) is -3.75. The predicted octanol–water partition coefficient (Wildman–Crippen LogP) is 4.52. The lowest BCUT2D eigenvalue weighted by Gasteiger charge is -2.11.